The molecule has 2 rings (SSSR count). The lowest BCUT2D eigenvalue weighted by molar-refractivity contribution is -0.123. The van der Waals surface area contributed by atoms with Crippen LogP contribution in [0.2, 0.25) is 0 Å². The van der Waals surface area contributed by atoms with Gasteiger partial charge in [-0.1, -0.05) is 6.07 Å². The normalized spacial score (nSPS) is 17.7. The molecule has 2 heterocycles. The molecule has 1 atom stereocenters. The number of amides is 3. The molecule has 1 aromatic heterocycles. The quantitative estimate of drug-likeness (QED) is 0.858. The maximum Gasteiger partial charge on any atom is 0.319 e. The number of pyridine rings is 1. The second-order valence-corrected chi connectivity index (χ2v) is 5.72. The van der Waals surface area contributed by atoms with Crippen molar-refractivity contribution in [3.63, 3.8) is 0 Å². The highest BCUT2D eigenvalue weighted by atomic mass is 16.5. The Morgan fingerprint density at radius 3 is 2.96 bits per heavy atom. The lowest BCUT2D eigenvalue weighted by Crippen LogP contribution is -2.53. The number of ether oxygens (including phenoxy) is 1. The number of nitrogens with zero attached hydrogens (tertiary/aromatic N) is 3. The van der Waals surface area contributed by atoms with Gasteiger partial charge in [-0.2, -0.15) is 0 Å². The minimum Gasteiger partial charge on any atom is -0.377 e. The van der Waals surface area contributed by atoms with Crippen LogP contribution < -0.4 is 5.32 Å². The molecular weight excluding hydrogens is 296 g/mol. The summed E-state index contributed by atoms with van der Waals surface area (Å²) < 4.78 is 5.41. The van der Waals surface area contributed by atoms with Crippen LogP contribution in [0.3, 0.4) is 0 Å². The number of hydrogen-bond acceptors (Lipinski definition) is 4. The average Bonchev–Trinajstić information content (AvgIpc) is 2.55. The van der Waals surface area contributed by atoms with Crippen LogP contribution in [0.25, 0.3) is 0 Å². The van der Waals surface area contributed by atoms with E-state index >= 15 is 0 Å². The van der Waals surface area contributed by atoms with Gasteiger partial charge in [0.15, 0.2) is 0 Å². The molecule has 7 heteroatoms. The topological polar surface area (TPSA) is 74.8 Å². The van der Waals surface area contributed by atoms with Crippen LogP contribution in [0.4, 0.5) is 4.79 Å². The number of carbonyl (C=O) groups is 2. The molecule has 7 nitrogen and oxygen atoms in total. The molecule has 0 radical (unpaired) electrons. The lowest BCUT2D eigenvalue weighted by atomic mass is 10.1. The van der Waals surface area contributed by atoms with E-state index in [0.29, 0.717) is 32.7 Å². The fraction of sp³-hybridized carbons (Fsp3) is 0.562. The van der Waals surface area contributed by atoms with Crippen molar-refractivity contribution in [2.75, 3.05) is 40.4 Å². The van der Waals surface area contributed by atoms with Gasteiger partial charge in [0, 0.05) is 51.9 Å². The monoisotopic (exact) mass is 320 g/mol. The molecule has 23 heavy (non-hydrogen) atoms. The maximum absolute atomic E-state index is 12.1. The first-order valence-electron chi connectivity index (χ1n) is 7.80. The second-order valence-electron chi connectivity index (χ2n) is 5.72. The molecule has 0 aromatic carbocycles. The number of aromatic nitrogens is 1. The number of nitrogens with one attached hydrogen (secondary N) is 1. The van der Waals surface area contributed by atoms with E-state index in [1.54, 1.807) is 25.2 Å². The van der Waals surface area contributed by atoms with Crippen LogP contribution in [0, 0.1) is 0 Å². The van der Waals surface area contributed by atoms with Crippen molar-refractivity contribution in [2.24, 2.45) is 0 Å². The molecule has 0 aliphatic carbocycles. The first kappa shape index (κ1) is 17.2. The Morgan fingerprint density at radius 2 is 2.26 bits per heavy atom. The van der Waals surface area contributed by atoms with Gasteiger partial charge in [-0.25, -0.2) is 4.79 Å². The van der Waals surface area contributed by atoms with E-state index in [4.69, 9.17) is 4.74 Å². The molecule has 1 N–H and O–H groups in total. The lowest BCUT2D eigenvalue weighted by Gasteiger charge is -2.36. The molecule has 1 aliphatic heterocycles. The number of carbonyl (C=O) groups excluding carboxylic acids is 2. The molecule has 3 amide bonds. The van der Waals surface area contributed by atoms with Crippen LogP contribution in [0.15, 0.2) is 24.4 Å². The molecular formula is C16H24N4O3. The third kappa shape index (κ3) is 5.21. The summed E-state index contributed by atoms with van der Waals surface area (Å²) in [6.45, 7) is 1.96. The minimum atomic E-state index is -0.214. The zero-order valence-corrected chi connectivity index (χ0v) is 13.7. The summed E-state index contributed by atoms with van der Waals surface area (Å²) in [5.41, 5.74) is 0.943. The molecule has 0 bridgehead atoms. The van der Waals surface area contributed by atoms with Gasteiger partial charge in [-0.15, -0.1) is 0 Å². The minimum absolute atomic E-state index is 0.0759. The van der Waals surface area contributed by atoms with Crippen LogP contribution in [-0.2, 0) is 16.0 Å². The number of urea groups is 1. The van der Waals surface area contributed by atoms with Gasteiger partial charge in [0.05, 0.1) is 19.3 Å². The van der Waals surface area contributed by atoms with Gasteiger partial charge in [0.1, 0.15) is 0 Å². The number of hydrogen-bond donors (Lipinski definition) is 1. The molecule has 1 aromatic rings. The van der Waals surface area contributed by atoms with E-state index in [-0.39, 0.29) is 24.4 Å². The van der Waals surface area contributed by atoms with Crippen LogP contribution in [0.1, 0.15) is 12.1 Å². The predicted octanol–water partition coefficient (Wildman–Crippen LogP) is 0.513. The van der Waals surface area contributed by atoms with Crippen molar-refractivity contribution in [1.82, 2.24) is 20.1 Å². The van der Waals surface area contributed by atoms with Crippen molar-refractivity contribution < 1.29 is 14.3 Å². The molecule has 1 fully saturated rings. The largest absolute Gasteiger partial charge is 0.377 e. The van der Waals surface area contributed by atoms with Gasteiger partial charge < -0.3 is 19.9 Å². The third-order valence-corrected chi connectivity index (χ3v) is 3.71. The number of morpholine rings is 1. The van der Waals surface area contributed by atoms with Gasteiger partial charge in [-0.05, 0) is 12.1 Å². The molecule has 0 saturated carbocycles. The summed E-state index contributed by atoms with van der Waals surface area (Å²) in [6.07, 6.45) is 2.68. The van der Waals surface area contributed by atoms with E-state index in [0.717, 1.165) is 5.69 Å². The van der Waals surface area contributed by atoms with Crippen molar-refractivity contribution in [3.8, 4) is 0 Å². The van der Waals surface area contributed by atoms with Crippen molar-refractivity contribution >= 4 is 11.9 Å². The van der Waals surface area contributed by atoms with Gasteiger partial charge in [0.2, 0.25) is 5.91 Å². The molecule has 1 aliphatic rings. The molecule has 126 valence electrons. The van der Waals surface area contributed by atoms with E-state index < -0.39 is 0 Å². The molecule has 1 unspecified atom stereocenters. The average molecular weight is 320 g/mol. The smallest absolute Gasteiger partial charge is 0.319 e. The fourth-order valence-electron chi connectivity index (χ4n) is 2.49. The van der Waals surface area contributed by atoms with Crippen molar-refractivity contribution in [1.29, 1.82) is 0 Å². The predicted molar refractivity (Wildman–Crippen MR) is 86.0 cm³/mol. The van der Waals surface area contributed by atoms with E-state index in [1.807, 2.05) is 18.2 Å². The van der Waals surface area contributed by atoms with Crippen molar-refractivity contribution in [2.45, 2.75) is 18.9 Å². The summed E-state index contributed by atoms with van der Waals surface area (Å²) in [5.74, 6) is -0.0759. The van der Waals surface area contributed by atoms with E-state index in [9.17, 15) is 9.59 Å². The zero-order chi connectivity index (χ0) is 16.7. The first-order chi connectivity index (χ1) is 11.1. The van der Waals surface area contributed by atoms with Gasteiger partial charge in [-0.3, -0.25) is 9.78 Å². The first-order valence-corrected chi connectivity index (χ1v) is 7.80. The Bertz CT molecular complexity index is 521. The Morgan fingerprint density at radius 1 is 1.43 bits per heavy atom. The SMILES string of the molecule is CN(C)C(=O)N1CCOCC1CC(=O)NCCc1ccccn1. The Hall–Kier alpha value is -2.15. The summed E-state index contributed by atoms with van der Waals surface area (Å²) in [5, 5.41) is 2.88. The summed E-state index contributed by atoms with van der Waals surface area (Å²) in [6, 6.07) is 5.42. The highest BCUT2D eigenvalue weighted by Gasteiger charge is 2.29. The Labute approximate surface area is 136 Å². The highest BCUT2D eigenvalue weighted by Crippen LogP contribution is 2.12. The second kappa shape index (κ2) is 8.47. The Kier molecular flexibility index (Phi) is 6.34. The number of rotatable bonds is 5. The van der Waals surface area contributed by atoms with Crippen LogP contribution in [-0.4, -0.2) is 73.2 Å². The third-order valence-electron chi connectivity index (χ3n) is 3.71. The summed E-state index contributed by atoms with van der Waals surface area (Å²) >= 11 is 0. The van der Waals surface area contributed by atoms with Crippen LogP contribution in [0.5, 0.6) is 0 Å². The standard InChI is InChI=1S/C16H24N4O3/c1-19(2)16(22)20-9-10-23-12-14(20)11-15(21)18-8-6-13-5-3-4-7-17-13/h3-5,7,14H,6,8-12H2,1-2H3,(H,18,21). The van der Waals surface area contributed by atoms with E-state index in [1.165, 1.54) is 4.90 Å². The van der Waals surface area contributed by atoms with E-state index in [2.05, 4.69) is 10.3 Å². The molecule has 1 saturated heterocycles. The van der Waals surface area contributed by atoms with Gasteiger partial charge in [0.25, 0.3) is 0 Å². The highest BCUT2D eigenvalue weighted by molar-refractivity contribution is 5.79. The zero-order valence-electron chi connectivity index (χ0n) is 13.7. The fourth-order valence-corrected chi connectivity index (χ4v) is 2.49. The van der Waals surface area contributed by atoms with Crippen LogP contribution >= 0.6 is 0 Å². The summed E-state index contributed by atoms with van der Waals surface area (Å²) in [4.78, 5) is 31.7. The maximum atomic E-state index is 12.1. The molecule has 0 spiro atoms. The van der Waals surface area contributed by atoms with Gasteiger partial charge >= 0.3 is 6.03 Å². The Balaban J connectivity index is 1.79. The summed E-state index contributed by atoms with van der Waals surface area (Å²) in [7, 11) is 3.42. The van der Waals surface area contributed by atoms with Crippen molar-refractivity contribution in [3.05, 3.63) is 30.1 Å².